The van der Waals surface area contributed by atoms with Crippen LogP contribution in [0, 0.1) is 11.7 Å². The summed E-state index contributed by atoms with van der Waals surface area (Å²) in [6.45, 7) is 2.33. The van der Waals surface area contributed by atoms with E-state index >= 15 is 0 Å². The molecule has 0 radical (unpaired) electrons. The maximum atomic E-state index is 13.4. The molecule has 17 heavy (non-hydrogen) atoms. The SMILES string of the molecule is CC(CCO)CNC(=O)c1c(F)cccc1Cl. The number of benzene rings is 1. The molecule has 3 nitrogen and oxygen atoms in total. The zero-order chi connectivity index (χ0) is 12.8. The second-order valence-corrected chi connectivity index (χ2v) is 4.33. The highest BCUT2D eigenvalue weighted by Crippen LogP contribution is 2.18. The molecule has 1 amide bonds. The lowest BCUT2D eigenvalue weighted by Gasteiger charge is -2.12. The maximum Gasteiger partial charge on any atom is 0.255 e. The van der Waals surface area contributed by atoms with Crippen LogP contribution in [0.3, 0.4) is 0 Å². The van der Waals surface area contributed by atoms with Crippen LogP contribution in [0.4, 0.5) is 4.39 Å². The van der Waals surface area contributed by atoms with E-state index in [0.29, 0.717) is 13.0 Å². The van der Waals surface area contributed by atoms with Crippen molar-refractivity contribution in [2.24, 2.45) is 5.92 Å². The molecule has 0 spiro atoms. The standard InChI is InChI=1S/C12H15ClFNO2/c1-8(5-6-16)7-15-12(17)11-9(13)3-2-4-10(11)14/h2-4,8,16H,5-7H2,1H3,(H,15,17). The highest BCUT2D eigenvalue weighted by molar-refractivity contribution is 6.33. The minimum absolute atomic E-state index is 0.0670. The molecule has 0 saturated heterocycles. The molecule has 1 rings (SSSR count). The Morgan fingerprint density at radius 3 is 2.88 bits per heavy atom. The topological polar surface area (TPSA) is 49.3 Å². The van der Waals surface area contributed by atoms with Crippen molar-refractivity contribution in [1.82, 2.24) is 5.32 Å². The predicted molar refractivity (Wildman–Crippen MR) is 64.6 cm³/mol. The summed E-state index contributed by atoms with van der Waals surface area (Å²) < 4.78 is 13.4. The Hall–Kier alpha value is -1.13. The van der Waals surface area contributed by atoms with Gasteiger partial charge in [0.1, 0.15) is 5.82 Å². The van der Waals surface area contributed by atoms with Crippen LogP contribution in [0.2, 0.25) is 5.02 Å². The number of hydrogen-bond acceptors (Lipinski definition) is 2. The molecule has 5 heteroatoms. The first-order valence-electron chi connectivity index (χ1n) is 5.39. The highest BCUT2D eigenvalue weighted by atomic mass is 35.5. The Kier molecular flexibility index (Phi) is 5.38. The van der Waals surface area contributed by atoms with Crippen molar-refractivity contribution < 1.29 is 14.3 Å². The van der Waals surface area contributed by atoms with Crippen molar-refractivity contribution in [1.29, 1.82) is 0 Å². The summed E-state index contributed by atoms with van der Waals surface area (Å²) >= 11 is 5.76. The number of aliphatic hydroxyl groups is 1. The van der Waals surface area contributed by atoms with Crippen LogP contribution < -0.4 is 5.32 Å². The number of nitrogens with one attached hydrogen (secondary N) is 1. The van der Waals surface area contributed by atoms with Gasteiger partial charge in [-0.3, -0.25) is 4.79 Å². The van der Waals surface area contributed by atoms with Crippen molar-refractivity contribution in [2.75, 3.05) is 13.2 Å². The van der Waals surface area contributed by atoms with E-state index in [1.165, 1.54) is 18.2 Å². The fourth-order valence-electron chi connectivity index (χ4n) is 1.39. The van der Waals surface area contributed by atoms with E-state index < -0.39 is 11.7 Å². The molecule has 0 fully saturated rings. The molecule has 0 aliphatic heterocycles. The Bertz CT molecular complexity index is 378. The van der Waals surface area contributed by atoms with Gasteiger partial charge in [0, 0.05) is 13.2 Å². The molecule has 0 aliphatic rings. The molecule has 0 heterocycles. The second-order valence-electron chi connectivity index (χ2n) is 3.92. The molecule has 1 unspecified atom stereocenters. The number of carbonyl (C=O) groups is 1. The van der Waals surface area contributed by atoms with Crippen molar-refractivity contribution >= 4 is 17.5 Å². The lowest BCUT2D eigenvalue weighted by atomic mass is 10.1. The molecule has 0 aliphatic carbocycles. The Labute approximate surface area is 105 Å². The first-order valence-corrected chi connectivity index (χ1v) is 5.77. The van der Waals surface area contributed by atoms with Crippen LogP contribution in [0.1, 0.15) is 23.7 Å². The smallest absolute Gasteiger partial charge is 0.255 e. The number of hydrogen-bond donors (Lipinski definition) is 2. The van der Waals surface area contributed by atoms with Crippen molar-refractivity contribution in [3.8, 4) is 0 Å². The molecular weight excluding hydrogens is 245 g/mol. The quantitative estimate of drug-likeness (QED) is 0.852. The van der Waals surface area contributed by atoms with Crippen molar-refractivity contribution in [3.63, 3.8) is 0 Å². The minimum atomic E-state index is -0.634. The lowest BCUT2D eigenvalue weighted by Crippen LogP contribution is -2.29. The number of amides is 1. The summed E-state index contributed by atoms with van der Waals surface area (Å²) in [5.41, 5.74) is -0.134. The Balaban J connectivity index is 2.64. The Morgan fingerprint density at radius 2 is 2.29 bits per heavy atom. The summed E-state index contributed by atoms with van der Waals surface area (Å²) in [6.07, 6.45) is 0.589. The molecule has 2 N–H and O–H groups in total. The van der Waals surface area contributed by atoms with Gasteiger partial charge in [-0.15, -0.1) is 0 Å². The zero-order valence-corrected chi connectivity index (χ0v) is 10.3. The van der Waals surface area contributed by atoms with Gasteiger partial charge in [0.05, 0.1) is 10.6 Å². The van der Waals surface area contributed by atoms with Crippen molar-refractivity contribution in [2.45, 2.75) is 13.3 Å². The van der Waals surface area contributed by atoms with Gasteiger partial charge in [0.25, 0.3) is 5.91 Å². The molecule has 1 aromatic rings. The maximum absolute atomic E-state index is 13.4. The van der Waals surface area contributed by atoms with Gasteiger partial charge in [-0.25, -0.2) is 4.39 Å². The number of carbonyl (C=O) groups excluding carboxylic acids is 1. The normalized spacial score (nSPS) is 12.2. The van der Waals surface area contributed by atoms with E-state index in [9.17, 15) is 9.18 Å². The number of rotatable bonds is 5. The van der Waals surface area contributed by atoms with Crippen LogP contribution in [0.5, 0.6) is 0 Å². The van der Waals surface area contributed by atoms with Gasteiger partial charge in [-0.05, 0) is 24.5 Å². The molecule has 94 valence electrons. The van der Waals surface area contributed by atoms with E-state index in [0.717, 1.165) is 0 Å². The average Bonchev–Trinajstić information content (AvgIpc) is 2.26. The van der Waals surface area contributed by atoms with E-state index in [1.54, 1.807) is 0 Å². The van der Waals surface area contributed by atoms with E-state index in [4.69, 9.17) is 16.7 Å². The van der Waals surface area contributed by atoms with Gasteiger partial charge in [-0.1, -0.05) is 24.6 Å². The summed E-state index contributed by atoms with van der Waals surface area (Å²) in [5, 5.41) is 11.4. The van der Waals surface area contributed by atoms with Crippen LogP contribution in [-0.4, -0.2) is 24.2 Å². The molecular formula is C12H15ClFNO2. The van der Waals surface area contributed by atoms with Crippen LogP contribution in [0.25, 0.3) is 0 Å². The second kappa shape index (κ2) is 6.57. The van der Waals surface area contributed by atoms with Gasteiger partial charge in [0.2, 0.25) is 0 Å². The van der Waals surface area contributed by atoms with E-state index in [1.807, 2.05) is 6.92 Å². The van der Waals surface area contributed by atoms with Crippen molar-refractivity contribution in [3.05, 3.63) is 34.6 Å². The summed E-state index contributed by atoms with van der Waals surface area (Å²) in [6, 6.07) is 4.11. The molecule has 0 saturated carbocycles. The van der Waals surface area contributed by atoms with Gasteiger partial charge in [-0.2, -0.15) is 0 Å². The van der Waals surface area contributed by atoms with Gasteiger partial charge < -0.3 is 10.4 Å². The third-order valence-corrected chi connectivity index (χ3v) is 2.74. The average molecular weight is 260 g/mol. The van der Waals surface area contributed by atoms with E-state index in [2.05, 4.69) is 5.32 Å². The first-order chi connectivity index (χ1) is 8.06. The summed E-state index contributed by atoms with van der Waals surface area (Å²) in [7, 11) is 0. The van der Waals surface area contributed by atoms with Gasteiger partial charge >= 0.3 is 0 Å². The monoisotopic (exact) mass is 259 g/mol. The minimum Gasteiger partial charge on any atom is -0.396 e. The highest BCUT2D eigenvalue weighted by Gasteiger charge is 2.15. The first kappa shape index (κ1) is 13.9. The van der Waals surface area contributed by atoms with E-state index in [-0.39, 0.29) is 23.1 Å². The number of halogens is 2. The van der Waals surface area contributed by atoms with Crippen LogP contribution >= 0.6 is 11.6 Å². The molecule has 1 atom stereocenters. The van der Waals surface area contributed by atoms with Gasteiger partial charge in [0.15, 0.2) is 0 Å². The number of aliphatic hydroxyl groups excluding tert-OH is 1. The molecule has 0 bridgehead atoms. The fourth-order valence-corrected chi connectivity index (χ4v) is 1.64. The summed E-state index contributed by atoms with van der Waals surface area (Å²) in [5.74, 6) is -1.03. The molecule has 1 aromatic carbocycles. The third kappa shape index (κ3) is 3.98. The predicted octanol–water partition coefficient (Wildman–Crippen LogP) is 2.23. The molecule has 0 aromatic heterocycles. The largest absolute Gasteiger partial charge is 0.396 e. The lowest BCUT2D eigenvalue weighted by molar-refractivity contribution is 0.0941. The van der Waals surface area contributed by atoms with Crippen LogP contribution in [-0.2, 0) is 0 Å². The van der Waals surface area contributed by atoms with Crippen LogP contribution in [0.15, 0.2) is 18.2 Å². The zero-order valence-electron chi connectivity index (χ0n) is 9.54. The third-order valence-electron chi connectivity index (χ3n) is 2.42. The fraction of sp³-hybridized carbons (Fsp3) is 0.417. The Morgan fingerprint density at radius 1 is 1.59 bits per heavy atom. The summed E-state index contributed by atoms with van der Waals surface area (Å²) in [4.78, 5) is 11.7.